The first kappa shape index (κ1) is 16.1. The van der Waals surface area contributed by atoms with Crippen LogP contribution < -0.4 is 10.5 Å². The molecule has 1 aromatic rings. The maximum atomic E-state index is 12.1. The second kappa shape index (κ2) is 7.13. The Labute approximate surface area is 122 Å². The number of rotatable bonds is 5. The number of benzene rings is 1. The minimum Gasteiger partial charge on any atom is -0.406 e. The van der Waals surface area contributed by atoms with E-state index in [1.165, 1.54) is 18.6 Å². The third kappa shape index (κ3) is 5.21. The summed E-state index contributed by atoms with van der Waals surface area (Å²) in [5.41, 5.74) is 6.64. The number of ether oxygens (including phenoxy) is 1. The molecule has 1 aliphatic heterocycles. The Morgan fingerprint density at radius 3 is 2.52 bits per heavy atom. The van der Waals surface area contributed by atoms with Gasteiger partial charge in [0.2, 0.25) is 0 Å². The van der Waals surface area contributed by atoms with Crippen molar-refractivity contribution in [1.82, 2.24) is 4.90 Å². The molecule has 0 saturated carbocycles. The van der Waals surface area contributed by atoms with Crippen molar-refractivity contribution in [3.05, 3.63) is 29.8 Å². The number of nitrogens with two attached hydrogens (primary N) is 1. The zero-order valence-electron chi connectivity index (χ0n) is 11.9. The predicted octanol–water partition coefficient (Wildman–Crippen LogP) is 3.29. The Bertz CT molecular complexity index is 432. The van der Waals surface area contributed by atoms with Crippen molar-refractivity contribution in [3.8, 4) is 5.75 Å². The summed E-state index contributed by atoms with van der Waals surface area (Å²) in [5.74, 6) is -0.177. The number of hydrogen-bond acceptors (Lipinski definition) is 3. The highest BCUT2D eigenvalue weighted by Crippen LogP contribution is 2.25. The normalized spacial score (nSPS) is 20.5. The van der Waals surface area contributed by atoms with Crippen LogP contribution in [0.4, 0.5) is 13.2 Å². The predicted molar refractivity (Wildman–Crippen MR) is 74.8 cm³/mol. The lowest BCUT2D eigenvalue weighted by atomic mass is 9.98. The number of hydrogen-bond donors (Lipinski definition) is 1. The van der Waals surface area contributed by atoms with E-state index in [1.807, 2.05) is 0 Å². The van der Waals surface area contributed by atoms with E-state index in [-0.39, 0.29) is 5.75 Å². The molecule has 1 unspecified atom stereocenters. The molecule has 1 atom stereocenters. The van der Waals surface area contributed by atoms with Crippen LogP contribution in [0.1, 0.15) is 31.2 Å². The van der Waals surface area contributed by atoms with E-state index in [1.54, 1.807) is 12.1 Å². The van der Waals surface area contributed by atoms with Gasteiger partial charge in [0.25, 0.3) is 0 Å². The van der Waals surface area contributed by atoms with Gasteiger partial charge in [0.15, 0.2) is 0 Å². The SMILES string of the molecule is NCCC1CCCCN1Cc1ccc(OC(F)(F)F)cc1. The summed E-state index contributed by atoms with van der Waals surface area (Å²) >= 11 is 0. The maximum Gasteiger partial charge on any atom is 0.573 e. The second-order valence-corrected chi connectivity index (χ2v) is 5.39. The Kier molecular flexibility index (Phi) is 5.47. The van der Waals surface area contributed by atoms with Crippen molar-refractivity contribution in [1.29, 1.82) is 0 Å². The topological polar surface area (TPSA) is 38.5 Å². The fourth-order valence-electron chi connectivity index (χ4n) is 2.82. The highest BCUT2D eigenvalue weighted by atomic mass is 19.4. The minimum atomic E-state index is -4.64. The van der Waals surface area contributed by atoms with Crippen molar-refractivity contribution in [3.63, 3.8) is 0 Å². The standard InChI is InChI=1S/C15H21F3N2O/c16-15(17,18)21-14-6-4-12(5-7-14)11-20-10-2-1-3-13(20)8-9-19/h4-7,13H,1-3,8-11,19H2. The third-order valence-electron chi connectivity index (χ3n) is 3.79. The van der Waals surface area contributed by atoms with Crippen LogP contribution in [0.15, 0.2) is 24.3 Å². The number of piperidine rings is 1. The van der Waals surface area contributed by atoms with Crippen molar-refractivity contribution >= 4 is 0 Å². The van der Waals surface area contributed by atoms with Crippen LogP contribution >= 0.6 is 0 Å². The van der Waals surface area contributed by atoms with Crippen molar-refractivity contribution in [2.75, 3.05) is 13.1 Å². The Balaban J connectivity index is 1.95. The molecule has 1 aliphatic rings. The molecule has 0 aliphatic carbocycles. The number of alkyl halides is 3. The monoisotopic (exact) mass is 302 g/mol. The van der Waals surface area contributed by atoms with E-state index in [4.69, 9.17) is 5.73 Å². The van der Waals surface area contributed by atoms with Crippen LogP contribution in [0.5, 0.6) is 5.75 Å². The minimum absolute atomic E-state index is 0.177. The van der Waals surface area contributed by atoms with Gasteiger partial charge < -0.3 is 10.5 Å². The van der Waals surface area contributed by atoms with Crippen molar-refractivity contribution in [2.45, 2.75) is 44.6 Å². The first-order chi connectivity index (χ1) is 9.98. The maximum absolute atomic E-state index is 12.1. The molecular weight excluding hydrogens is 281 g/mol. The zero-order chi connectivity index (χ0) is 15.3. The average Bonchev–Trinajstić information content (AvgIpc) is 2.42. The van der Waals surface area contributed by atoms with Gasteiger partial charge in [-0.2, -0.15) is 0 Å². The van der Waals surface area contributed by atoms with Gasteiger partial charge in [0.1, 0.15) is 5.75 Å². The van der Waals surface area contributed by atoms with Crippen LogP contribution in [0.25, 0.3) is 0 Å². The molecule has 2 N–H and O–H groups in total. The summed E-state index contributed by atoms with van der Waals surface area (Å²) in [7, 11) is 0. The molecule has 2 rings (SSSR count). The Hall–Kier alpha value is -1.27. The van der Waals surface area contributed by atoms with Crippen LogP contribution in [-0.2, 0) is 6.54 Å². The molecular formula is C15H21F3N2O. The molecule has 0 amide bonds. The van der Waals surface area contributed by atoms with E-state index < -0.39 is 6.36 Å². The van der Waals surface area contributed by atoms with Gasteiger partial charge in [-0.1, -0.05) is 18.6 Å². The third-order valence-corrected chi connectivity index (χ3v) is 3.79. The molecule has 0 spiro atoms. The molecule has 21 heavy (non-hydrogen) atoms. The summed E-state index contributed by atoms with van der Waals surface area (Å²) in [6, 6.07) is 6.59. The van der Waals surface area contributed by atoms with Crippen molar-refractivity contribution in [2.24, 2.45) is 5.73 Å². The van der Waals surface area contributed by atoms with Crippen molar-refractivity contribution < 1.29 is 17.9 Å². The van der Waals surface area contributed by atoms with Crippen LogP contribution in [-0.4, -0.2) is 30.4 Å². The largest absolute Gasteiger partial charge is 0.573 e. The van der Waals surface area contributed by atoms with Gasteiger partial charge in [0, 0.05) is 12.6 Å². The van der Waals surface area contributed by atoms with Crippen LogP contribution in [0.3, 0.4) is 0 Å². The van der Waals surface area contributed by atoms with Crippen LogP contribution in [0.2, 0.25) is 0 Å². The molecule has 1 heterocycles. The quantitative estimate of drug-likeness (QED) is 0.907. The molecule has 0 radical (unpaired) electrons. The summed E-state index contributed by atoms with van der Waals surface area (Å²) in [4.78, 5) is 2.37. The van der Waals surface area contributed by atoms with Gasteiger partial charge in [-0.3, -0.25) is 4.90 Å². The molecule has 0 bridgehead atoms. The summed E-state index contributed by atoms with van der Waals surface area (Å²) in [5, 5.41) is 0. The fourth-order valence-corrected chi connectivity index (χ4v) is 2.82. The molecule has 1 aromatic carbocycles. The van der Waals surface area contributed by atoms with Gasteiger partial charge in [-0.25, -0.2) is 0 Å². The number of likely N-dealkylation sites (tertiary alicyclic amines) is 1. The Morgan fingerprint density at radius 1 is 1.19 bits per heavy atom. The number of halogens is 3. The summed E-state index contributed by atoms with van der Waals surface area (Å²) in [6.07, 6.45) is -0.141. The molecule has 3 nitrogen and oxygen atoms in total. The first-order valence-electron chi connectivity index (χ1n) is 7.27. The first-order valence-corrected chi connectivity index (χ1v) is 7.27. The lowest BCUT2D eigenvalue weighted by molar-refractivity contribution is -0.274. The van der Waals surface area contributed by atoms with E-state index in [2.05, 4.69) is 9.64 Å². The fraction of sp³-hybridized carbons (Fsp3) is 0.600. The lowest BCUT2D eigenvalue weighted by Gasteiger charge is -2.35. The van der Waals surface area contributed by atoms with Gasteiger partial charge in [0.05, 0.1) is 0 Å². The average molecular weight is 302 g/mol. The second-order valence-electron chi connectivity index (χ2n) is 5.39. The molecule has 0 aromatic heterocycles. The number of nitrogens with zero attached hydrogens (tertiary/aromatic N) is 1. The Morgan fingerprint density at radius 2 is 1.90 bits per heavy atom. The smallest absolute Gasteiger partial charge is 0.406 e. The molecule has 1 fully saturated rings. The van der Waals surface area contributed by atoms with E-state index in [9.17, 15) is 13.2 Å². The van der Waals surface area contributed by atoms with Gasteiger partial charge in [-0.15, -0.1) is 13.2 Å². The van der Waals surface area contributed by atoms with Gasteiger partial charge in [-0.05, 0) is 50.0 Å². The molecule has 6 heteroatoms. The summed E-state index contributed by atoms with van der Waals surface area (Å²) in [6.45, 7) is 2.43. The lowest BCUT2D eigenvalue weighted by Crippen LogP contribution is -2.40. The zero-order valence-corrected chi connectivity index (χ0v) is 11.9. The van der Waals surface area contributed by atoms with E-state index >= 15 is 0 Å². The van der Waals surface area contributed by atoms with E-state index in [0.717, 1.165) is 37.9 Å². The molecule has 118 valence electrons. The highest BCUT2D eigenvalue weighted by Gasteiger charge is 2.31. The molecule has 1 saturated heterocycles. The van der Waals surface area contributed by atoms with Crippen LogP contribution in [0, 0.1) is 0 Å². The summed E-state index contributed by atoms with van der Waals surface area (Å²) < 4.78 is 40.2. The van der Waals surface area contributed by atoms with E-state index in [0.29, 0.717) is 12.6 Å². The highest BCUT2D eigenvalue weighted by molar-refractivity contribution is 5.27. The van der Waals surface area contributed by atoms with Gasteiger partial charge >= 0.3 is 6.36 Å².